The number of para-hydroxylation sites is 1. The number of amides is 1. The minimum Gasteiger partial charge on any atom is -0.398 e. The van der Waals surface area contributed by atoms with Crippen LogP contribution in [0.3, 0.4) is 0 Å². The standard InChI is InChI=1S/C18H28N2O/c1-3-7-14(8-4-2)18(21)20(16-11-12-16)13-15-9-5-6-10-17(15)19/h5-6,9-10,14,16H,3-4,7-8,11-13,19H2,1-2H3. The minimum absolute atomic E-state index is 0.186. The Bertz CT molecular complexity index is 462. The first-order chi connectivity index (χ1) is 10.2. The molecule has 0 radical (unpaired) electrons. The molecule has 2 N–H and O–H groups in total. The summed E-state index contributed by atoms with van der Waals surface area (Å²) in [5, 5.41) is 0. The van der Waals surface area contributed by atoms with E-state index in [1.165, 1.54) is 0 Å². The summed E-state index contributed by atoms with van der Waals surface area (Å²) in [7, 11) is 0. The second-order valence-corrected chi connectivity index (χ2v) is 6.17. The van der Waals surface area contributed by atoms with Gasteiger partial charge in [0, 0.05) is 24.2 Å². The van der Waals surface area contributed by atoms with E-state index in [-0.39, 0.29) is 5.92 Å². The Morgan fingerprint density at radius 1 is 1.24 bits per heavy atom. The Labute approximate surface area is 128 Å². The largest absolute Gasteiger partial charge is 0.398 e. The number of nitrogens with two attached hydrogens (primary N) is 1. The van der Waals surface area contributed by atoms with Gasteiger partial charge in [0.1, 0.15) is 0 Å². The summed E-state index contributed by atoms with van der Waals surface area (Å²) in [5.41, 5.74) is 7.91. The van der Waals surface area contributed by atoms with E-state index >= 15 is 0 Å². The molecule has 0 bridgehead atoms. The summed E-state index contributed by atoms with van der Waals surface area (Å²) in [6.45, 7) is 4.99. The molecule has 0 aromatic heterocycles. The van der Waals surface area contributed by atoms with E-state index in [1.54, 1.807) is 0 Å². The third-order valence-electron chi connectivity index (χ3n) is 4.29. The van der Waals surface area contributed by atoms with Gasteiger partial charge in [-0.1, -0.05) is 44.9 Å². The Morgan fingerprint density at radius 2 is 1.86 bits per heavy atom. The monoisotopic (exact) mass is 288 g/mol. The van der Waals surface area contributed by atoms with Crippen LogP contribution in [0.4, 0.5) is 5.69 Å². The fraction of sp³-hybridized carbons (Fsp3) is 0.611. The van der Waals surface area contributed by atoms with E-state index in [0.717, 1.165) is 49.8 Å². The smallest absolute Gasteiger partial charge is 0.226 e. The van der Waals surface area contributed by atoms with Gasteiger partial charge in [-0.05, 0) is 37.3 Å². The van der Waals surface area contributed by atoms with E-state index in [4.69, 9.17) is 5.73 Å². The average molecular weight is 288 g/mol. The summed E-state index contributed by atoms with van der Waals surface area (Å²) in [6.07, 6.45) is 6.43. The summed E-state index contributed by atoms with van der Waals surface area (Å²) >= 11 is 0. The first-order valence-electron chi connectivity index (χ1n) is 8.31. The number of hydrogen-bond acceptors (Lipinski definition) is 2. The van der Waals surface area contributed by atoms with Crippen LogP contribution in [0.25, 0.3) is 0 Å². The second kappa shape index (κ2) is 7.48. The highest BCUT2D eigenvalue weighted by molar-refractivity contribution is 5.79. The number of carbonyl (C=O) groups excluding carboxylic acids is 1. The first kappa shape index (κ1) is 15.9. The molecule has 3 nitrogen and oxygen atoms in total. The van der Waals surface area contributed by atoms with Gasteiger partial charge in [0.25, 0.3) is 0 Å². The molecule has 116 valence electrons. The number of anilines is 1. The Balaban J connectivity index is 2.11. The molecule has 0 atom stereocenters. The van der Waals surface area contributed by atoms with Gasteiger partial charge in [-0.2, -0.15) is 0 Å². The van der Waals surface area contributed by atoms with Crippen LogP contribution < -0.4 is 5.73 Å². The van der Waals surface area contributed by atoms with Crippen molar-refractivity contribution in [2.45, 2.75) is 65.0 Å². The van der Waals surface area contributed by atoms with Gasteiger partial charge in [-0.3, -0.25) is 4.79 Å². The highest BCUT2D eigenvalue weighted by atomic mass is 16.2. The Morgan fingerprint density at radius 3 is 2.38 bits per heavy atom. The molecule has 3 heteroatoms. The molecular formula is C18H28N2O. The van der Waals surface area contributed by atoms with Crippen molar-refractivity contribution < 1.29 is 4.79 Å². The van der Waals surface area contributed by atoms with Gasteiger partial charge >= 0.3 is 0 Å². The molecule has 1 aliphatic carbocycles. The van der Waals surface area contributed by atoms with Crippen LogP contribution in [0.15, 0.2) is 24.3 Å². The number of benzene rings is 1. The molecule has 1 fully saturated rings. The highest BCUT2D eigenvalue weighted by Crippen LogP contribution is 2.32. The molecule has 2 rings (SSSR count). The molecule has 0 unspecified atom stereocenters. The predicted octanol–water partition coefficient (Wildman–Crippen LogP) is 3.98. The maximum Gasteiger partial charge on any atom is 0.226 e. The van der Waals surface area contributed by atoms with Crippen molar-refractivity contribution >= 4 is 11.6 Å². The maximum atomic E-state index is 12.9. The van der Waals surface area contributed by atoms with E-state index in [9.17, 15) is 4.79 Å². The molecule has 1 aromatic carbocycles. The van der Waals surface area contributed by atoms with E-state index in [2.05, 4.69) is 18.7 Å². The molecule has 0 aliphatic heterocycles. The van der Waals surface area contributed by atoms with E-state index < -0.39 is 0 Å². The number of nitrogen functional groups attached to an aromatic ring is 1. The summed E-state index contributed by atoms with van der Waals surface area (Å²) in [5.74, 6) is 0.523. The van der Waals surface area contributed by atoms with E-state index in [1.807, 2.05) is 24.3 Å². The normalized spacial score (nSPS) is 14.4. The van der Waals surface area contributed by atoms with Crippen LogP contribution in [0.2, 0.25) is 0 Å². The zero-order chi connectivity index (χ0) is 15.2. The molecule has 1 aromatic rings. The quantitative estimate of drug-likeness (QED) is 0.736. The maximum absolute atomic E-state index is 12.9. The fourth-order valence-corrected chi connectivity index (χ4v) is 2.96. The van der Waals surface area contributed by atoms with Crippen LogP contribution in [-0.2, 0) is 11.3 Å². The zero-order valence-corrected chi connectivity index (χ0v) is 13.3. The van der Waals surface area contributed by atoms with Crippen LogP contribution >= 0.6 is 0 Å². The first-order valence-corrected chi connectivity index (χ1v) is 8.31. The van der Waals surface area contributed by atoms with Crippen molar-refractivity contribution in [3.05, 3.63) is 29.8 Å². The lowest BCUT2D eigenvalue weighted by molar-refractivity contribution is -0.137. The molecule has 1 amide bonds. The highest BCUT2D eigenvalue weighted by Gasteiger charge is 2.35. The third-order valence-corrected chi connectivity index (χ3v) is 4.29. The van der Waals surface area contributed by atoms with Crippen molar-refractivity contribution in [2.24, 2.45) is 5.92 Å². The zero-order valence-electron chi connectivity index (χ0n) is 13.3. The second-order valence-electron chi connectivity index (χ2n) is 6.17. The molecule has 0 heterocycles. The number of nitrogens with zero attached hydrogens (tertiary/aromatic N) is 1. The van der Waals surface area contributed by atoms with Gasteiger partial charge in [0.2, 0.25) is 5.91 Å². The summed E-state index contributed by atoms with van der Waals surface area (Å²) in [4.78, 5) is 15.0. The van der Waals surface area contributed by atoms with Gasteiger partial charge < -0.3 is 10.6 Å². The van der Waals surface area contributed by atoms with Crippen molar-refractivity contribution in [1.29, 1.82) is 0 Å². The Kier molecular flexibility index (Phi) is 5.66. The van der Waals surface area contributed by atoms with Gasteiger partial charge in [0.05, 0.1) is 0 Å². The van der Waals surface area contributed by atoms with Crippen LogP contribution in [-0.4, -0.2) is 16.8 Å². The van der Waals surface area contributed by atoms with E-state index in [0.29, 0.717) is 18.5 Å². The lowest BCUT2D eigenvalue weighted by atomic mass is 9.96. The molecule has 1 saturated carbocycles. The lowest BCUT2D eigenvalue weighted by Crippen LogP contribution is -2.37. The van der Waals surface area contributed by atoms with Gasteiger partial charge in [-0.25, -0.2) is 0 Å². The molecule has 0 saturated heterocycles. The number of rotatable bonds is 8. The molecule has 21 heavy (non-hydrogen) atoms. The molecular weight excluding hydrogens is 260 g/mol. The van der Waals surface area contributed by atoms with Crippen molar-refractivity contribution in [2.75, 3.05) is 5.73 Å². The van der Waals surface area contributed by atoms with Gasteiger partial charge in [0.15, 0.2) is 0 Å². The van der Waals surface area contributed by atoms with Crippen molar-refractivity contribution in [3.63, 3.8) is 0 Å². The third kappa shape index (κ3) is 4.23. The SMILES string of the molecule is CCCC(CCC)C(=O)N(Cc1ccccc1N)C1CC1. The lowest BCUT2D eigenvalue weighted by Gasteiger charge is -2.28. The summed E-state index contributed by atoms with van der Waals surface area (Å²) in [6, 6.07) is 8.33. The average Bonchev–Trinajstić information content (AvgIpc) is 3.30. The van der Waals surface area contributed by atoms with Crippen molar-refractivity contribution in [3.8, 4) is 0 Å². The van der Waals surface area contributed by atoms with Gasteiger partial charge in [-0.15, -0.1) is 0 Å². The van der Waals surface area contributed by atoms with Crippen LogP contribution in [0, 0.1) is 5.92 Å². The predicted molar refractivity (Wildman–Crippen MR) is 87.7 cm³/mol. The van der Waals surface area contributed by atoms with Crippen molar-refractivity contribution in [1.82, 2.24) is 4.90 Å². The number of hydrogen-bond donors (Lipinski definition) is 1. The minimum atomic E-state index is 0.186. The molecule has 1 aliphatic rings. The van der Waals surface area contributed by atoms with Crippen LogP contribution in [0.1, 0.15) is 57.9 Å². The number of carbonyl (C=O) groups is 1. The fourth-order valence-electron chi connectivity index (χ4n) is 2.96. The topological polar surface area (TPSA) is 46.3 Å². The van der Waals surface area contributed by atoms with Crippen LogP contribution in [0.5, 0.6) is 0 Å². The summed E-state index contributed by atoms with van der Waals surface area (Å²) < 4.78 is 0. The molecule has 0 spiro atoms. The Hall–Kier alpha value is -1.51.